The second-order valence-electron chi connectivity index (χ2n) is 2.86. The molecule has 0 radical (unpaired) electrons. The number of hydrogen-bond donors (Lipinski definition) is 3. The van der Waals surface area contributed by atoms with Crippen LogP contribution in [0.1, 0.15) is 30.2 Å². The van der Waals surface area contributed by atoms with Crippen molar-refractivity contribution in [1.29, 1.82) is 0 Å². The van der Waals surface area contributed by atoms with Gasteiger partial charge in [-0.05, 0) is 38.9 Å². The summed E-state index contributed by atoms with van der Waals surface area (Å²) in [5.74, 6) is -0.879. The highest BCUT2D eigenvalue weighted by molar-refractivity contribution is 5.72. The highest BCUT2D eigenvalue weighted by Gasteiger charge is 1.90. The van der Waals surface area contributed by atoms with Crippen LogP contribution >= 0.6 is 0 Å². The van der Waals surface area contributed by atoms with Gasteiger partial charge in [0.2, 0.25) is 5.91 Å². The van der Waals surface area contributed by atoms with Gasteiger partial charge in [0.1, 0.15) is 0 Å². The van der Waals surface area contributed by atoms with Gasteiger partial charge in [0.25, 0.3) is 0 Å². The summed E-state index contributed by atoms with van der Waals surface area (Å²) in [4.78, 5) is 10.9. The summed E-state index contributed by atoms with van der Waals surface area (Å²) < 4.78 is 20.5. The van der Waals surface area contributed by atoms with E-state index in [1.807, 2.05) is 0 Å². The fraction of sp³-hybridized carbons (Fsp3) is 0.889. The summed E-state index contributed by atoms with van der Waals surface area (Å²) in [6, 6.07) is 0. The molecule has 4 heteroatoms. The standard InChI is InChI=1S/C9H21N3O/c1-9(13)12-8-4-7-11-6-3-2-5-10/h11H,2-8,10H2,1H3,(H,12,13)/i1D3. The van der Waals surface area contributed by atoms with E-state index in [9.17, 15) is 4.79 Å². The Hall–Kier alpha value is -0.610. The minimum Gasteiger partial charge on any atom is -0.356 e. The maximum Gasteiger partial charge on any atom is 0.216 e. The van der Waals surface area contributed by atoms with Crippen molar-refractivity contribution in [2.24, 2.45) is 5.73 Å². The molecule has 0 bridgehead atoms. The Kier molecular flexibility index (Phi) is 5.66. The molecule has 4 nitrogen and oxygen atoms in total. The van der Waals surface area contributed by atoms with Gasteiger partial charge in [-0.25, -0.2) is 0 Å². The van der Waals surface area contributed by atoms with Gasteiger partial charge in [0.05, 0.1) is 0 Å². The third kappa shape index (κ3) is 11.4. The van der Waals surface area contributed by atoms with Crippen LogP contribution in [0, 0.1) is 0 Å². The number of rotatable bonds is 8. The van der Waals surface area contributed by atoms with E-state index in [2.05, 4.69) is 10.6 Å². The summed E-state index contributed by atoms with van der Waals surface area (Å²) in [6.07, 6.45) is 2.77. The van der Waals surface area contributed by atoms with Gasteiger partial charge in [-0.2, -0.15) is 0 Å². The smallest absolute Gasteiger partial charge is 0.216 e. The predicted molar refractivity (Wildman–Crippen MR) is 54.5 cm³/mol. The molecule has 0 spiro atoms. The summed E-state index contributed by atoms with van der Waals surface area (Å²) in [5.41, 5.74) is 5.34. The molecule has 0 aliphatic rings. The van der Waals surface area contributed by atoms with Crippen molar-refractivity contribution in [2.45, 2.75) is 26.1 Å². The Morgan fingerprint density at radius 2 is 2.08 bits per heavy atom. The molecule has 0 saturated heterocycles. The lowest BCUT2D eigenvalue weighted by molar-refractivity contribution is -0.118. The lowest BCUT2D eigenvalue weighted by Crippen LogP contribution is -2.25. The first-order valence-corrected chi connectivity index (χ1v) is 4.67. The van der Waals surface area contributed by atoms with E-state index in [0.29, 0.717) is 13.1 Å². The fourth-order valence-corrected chi connectivity index (χ4v) is 0.935. The Balaban J connectivity index is 3.25. The fourth-order valence-electron chi connectivity index (χ4n) is 0.935. The molecule has 4 N–H and O–H groups in total. The van der Waals surface area contributed by atoms with Gasteiger partial charge in [-0.15, -0.1) is 0 Å². The zero-order chi connectivity index (χ0) is 12.4. The number of nitrogens with one attached hydrogen (secondary N) is 2. The van der Waals surface area contributed by atoms with Crippen molar-refractivity contribution in [2.75, 3.05) is 26.2 Å². The van der Waals surface area contributed by atoms with Gasteiger partial charge in [-0.3, -0.25) is 4.79 Å². The first kappa shape index (κ1) is 7.76. The van der Waals surface area contributed by atoms with Crippen LogP contribution in [0.3, 0.4) is 0 Å². The Labute approximate surface area is 84.5 Å². The van der Waals surface area contributed by atoms with E-state index in [1.54, 1.807) is 0 Å². The average molecular weight is 190 g/mol. The molecule has 78 valence electrons. The second kappa shape index (κ2) is 9.48. The summed E-state index contributed by atoms with van der Waals surface area (Å²) in [5, 5.41) is 5.55. The van der Waals surface area contributed by atoms with E-state index in [4.69, 9.17) is 9.85 Å². The van der Waals surface area contributed by atoms with E-state index in [1.165, 1.54) is 0 Å². The van der Waals surface area contributed by atoms with Crippen LogP contribution in [0.4, 0.5) is 0 Å². The van der Waals surface area contributed by atoms with Crippen molar-refractivity contribution < 1.29 is 8.91 Å². The van der Waals surface area contributed by atoms with Crippen LogP contribution in [0.2, 0.25) is 0 Å². The molecule has 0 heterocycles. The molecule has 0 aromatic heterocycles. The van der Waals surface area contributed by atoms with Crippen molar-refractivity contribution in [1.82, 2.24) is 10.6 Å². The van der Waals surface area contributed by atoms with Gasteiger partial charge >= 0.3 is 0 Å². The number of carbonyl (C=O) groups excluding carboxylic acids is 1. The van der Waals surface area contributed by atoms with Crippen LogP contribution in [0.15, 0.2) is 0 Å². The normalized spacial score (nSPS) is 14.4. The average Bonchev–Trinajstić information content (AvgIpc) is 2.20. The number of unbranched alkanes of at least 4 members (excludes halogenated alkanes) is 1. The molecule has 1 amide bonds. The van der Waals surface area contributed by atoms with Crippen LogP contribution in [-0.2, 0) is 4.79 Å². The Morgan fingerprint density at radius 3 is 2.77 bits per heavy atom. The molecular formula is C9H21N3O. The van der Waals surface area contributed by atoms with Crippen LogP contribution < -0.4 is 16.4 Å². The number of amides is 1. The monoisotopic (exact) mass is 190 g/mol. The topological polar surface area (TPSA) is 67.2 Å². The SMILES string of the molecule is [2H]C([2H])([2H])C(=O)NCCCNCCCCN. The molecule has 0 aromatic carbocycles. The number of hydrogen-bond acceptors (Lipinski definition) is 3. The molecule has 0 aliphatic carbocycles. The quantitative estimate of drug-likeness (QED) is 0.466. The van der Waals surface area contributed by atoms with Crippen molar-refractivity contribution >= 4 is 5.91 Å². The molecule has 0 saturated carbocycles. The lowest BCUT2D eigenvalue weighted by atomic mass is 10.3. The Morgan fingerprint density at radius 1 is 1.31 bits per heavy atom. The van der Waals surface area contributed by atoms with Gasteiger partial charge in [0.15, 0.2) is 0 Å². The maximum absolute atomic E-state index is 10.9. The first-order valence-electron chi connectivity index (χ1n) is 6.17. The Bertz CT molecular complexity index is 197. The minimum absolute atomic E-state index is 0.390. The van der Waals surface area contributed by atoms with E-state index in [0.717, 1.165) is 32.4 Å². The number of nitrogens with two attached hydrogens (primary N) is 1. The van der Waals surface area contributed by atoms with Crippen molar-refractivity contribution in [3.63, 3.8) is 0 Å². The van der Waals surface area contributed by atoms with E-state index < -0.39 is 12.8 Å². The maximum atomic E-state index is 10.9. The second-order valence-corrected chi connectivity index (χ2v) is 2.86. The third-order valence-electron chi connectivity index (χ3n) is 1.62. The first-order chi connectivity index (χ1) is 7.48. The van der Waals surface area contributed by atoms with E-state index >= 15 is 0 Å². The molecular weight excluding hydrogens is 166 g/mol. The van der Waals surface area contributed by atoms with E-state index in [-0.39, 0.29) is 0 Å². The van der Waals surface area contributed by atoms with Crippen molar-refractivity contribution in [3.05, 3.63) is 0 Å². The van der Waals surface area contributed by atoms with Crippen molar-refractivity contribution in [3.8, 4) is 0 Å². The summed E-state index contributed by atoms with van der Waals surface area (Å²) in [6.45, 7) is 0.238. The van der Waals surface area contributed by atoms with Gasteiger partial charge in [0, 0.05) is 17.5 Å². The highest BCUT2D eigenvalue weighted by Crippen LogP contribution is 1.82. The van der Waals surface area contributed by atoms with Crippen LogP contribution in [-0.4, -0.2) is 32.1 Å². The minimum atomic E-state index is -2.53. The molecule has 0 fully saturated rings. The predicted octanol–water partition coefficient (Wildman–Crippen LogP) is -0.159. The molecule has 0 atom stereocenters. The molecule has 0 aromatic rings. The molecule has 0 unspecified atom stereocenters. The number of carbonyl (C=O) groups is 1. The zero-order valence-corrected chi connectivity index (χ0v) is 7.94. The zero-order valence-electron chi connectivity index (χ0n) is 10.9. The summed E-state index contributed by atoms with van der Waals surface area (Å²) >= 11 is 0. The van der Waals surface area contributed by atoms with Crippen LogP contribution in [0.25, 0.3) is 0 Å². The molecule has 13 heavy (non-hydrogen) atoms. The summed E-state index contributed by atoms with van der Waals surface area (Å²) in [7, 11) is 0. The molecule has 0 rings (SSSR count). The van der Waals surface area contributed by atoms with Gasteiger partial charge < -0.3 is 16.4 Å². The molecule has 0 aliphatic heterocycles. The van der Waals surface area contributed by atoms with Gasteiger partial charge in [-0.1, -0.05) is 0 Å². The van der Waals surface area contributed by atoms with Crippen LogP contribution in [0.5, 0.6) is 0 Å². The highest BCUT2D eigenvalue weighted by atomic mass is 16.1. The third-order valence-corrected chi connectivity index (χ3v) is 1.62. The largest absolute Gasteiger partial charge is 0.356 e. The lowest BCUT2D eigenvalue weighted by Gasteiger charge is -2.04.